The third-order valence-electron chi connectivity index (χ3n) is 8.70. The molecule has 0 spiro atoms. The van der Waals surface area contributed by atoms with Crippen molar-refractivity contribution >= 4 is 75.3 Å². The Balaban J connectivity index is 1.36. The summed E-state index contributed by atoms with van der Waals surface area (Å²) < 4.78 is 5.59. The van der Waals surface area contributed by atoms with Crippen LogP contribution in [-0.4, -0.2) is 29.1 Å². The van der Waals surface area contributed by atoms with Gasteiger partial charge in [0, 0.05) is 55.0 Å². The van der Waals surface area contributed by atoms with Crippen molar-refractivity contribution < 1.29 is 0 Å². The fourth-order valence-electron chi connectivity index (χ4n) is 6.87. The topological polar surface area (TPSA) is 61.4 Å². The van der Waals surface area contributed by atoms with Crippen LogP contribution < -0.4 is 0 Å². The molecule has 10 rings (SSSR count). The summed E-state index contributed by atoms with van der Waals surface area (Å²) in [5.41, 5.74) is 6.26. The fraction of sp³-hybridized carbons (Fsp3) is 0. The highest BCUT2D eigenvalue weighted by molar-refractivity contribution is 7.25. The molecule has 5 heterocycles. The van der Waals surface area contributed by atoms with Crippen LogP contribution in [0.1, 0.15) is 0 Å². The Labute approximate surface area is 260 Å². The lowest BCUT2D eigenvalue weighted by molar-refractivity contribution is 0.988. The maximum absolute atomic E-state index is 5.36. The quantitative estimate of drug-likeness (QED) is 0.204. The first-order valence-corrected chi connectivity index (χ1v) is 15.6. The zero-order valence-corrected chi connectivity index (χ0v) is 24.6. The van der Waals surface area contributed by atoms with Crippen molar-refractivity contribution in [2.45, 2.75) is 0 Å². The van der Waals surface area contributed by atoms with Crippen LogP contribution in [0.3, 0.4) is 0 Å². The monoisotopic (exact) mass is 594 g/mol. The van der Waals surface area contributed by atoms with Gasteiger partial charge in [-0.2, -0.15) is 0 Å². The molecule has 0 unspecified atom stereocenters. The zero-order valence-electron chi connectivity index (χ0n) is 23.8. The molecule has 0 amide bonds. The van der Waals surface area contributed by atoms with Gasteiger partial charge in [0.1, 0.15) is 4.83 Å². The summed E-state index contributed by atoms with van der Waals surface area (Å²) in [5.74, 6) is 1.31. The molecule has 0 saturated heterocycles. The first-order valence-electron chi connectivity index (χ1n) is 14.8. The molecule has 0 fully saturated rings. The van der Waals surface area contributed by atoms with E-state index in [4.69, 9.17) is 9.97 Å². The lowest BCUT2D eigenvalue weighted by atomic mass is 10.1. The van der Waals surface area contributed by atoms with Crippen molar-refractivity contribution in [1.82, 2.24) is 29.1 Å². The van der Waals surface area contributed by atoms with Crippen LogP contribution in [0.2, 0.25) is 0 Å². The summed E-state index contributed by atoms with van der Waals surface area (Å²) >= 11 is 1.72. The normalized spacial score (nSPS) is 12.0. The minimum absolute atomic E-state index is 0.651. The molecule has 0 atom stereocenters. The van der Waals surface area contributed by atoms with Crippen LogP contribution >= 0.6 is 11.3 Å². The number of hydrogen-bond acceptors (Lipinski definition) is 5. The molecule has 5 aromatic carbocycles. The molecule has 0 aliphatic heterocycles. The Hall–Kier alpha value is -5.92. The minimum atomic E-state index is 0.651. The number of benzene rings is 5. The molecular formula is C38H22N6S. The minimum Gasteiger partial charge on any atom is -0.278 e. The second-order valence-electron chi connectivity index (χ2n) is 11.1. The van der Waals surface area contributed by atoms with Gasteiger partial charge in [-0.05, 0) is 36.4 Å². The third-order valence-corrected chi connectivity index (χ3v) is 9.76. The fourth-order valence-corrected chi connectivity index (χ4v) is 7.94. The Morgan fingerprint density at radius 1 is 0.444 bits per heavy atom. The maximum atomic E-state index is 5.36. The average Bonchev–Trinajstić information content (AvgIpc) is 3.76. The highest BCUT2D eigenvalue weighted by atomic mass is 32.1. The van der Waals surface area contributed by atoms with E-state index in [0.717, 1.165) is 65.1 Å². The summed E-state index contributed by atoms with van der Waals surface area (Å²) in [5, 5.41) is 6.91. The number of aromatic nitrogens is 6. The molecule has 210 valence electrons. The third kappa shape index (κ3) is 3.44. The van der Waals surface area contributed by atoms with E-state index in [0.29, 0.717) is 11.9 Å². The van der Waals surface area contributed by atoms with Crippen molar-refractivity contribution in [1.29, 1.82) is 0 Å². The predicted molar refractivity (Wildman–Crippen MR) is 185 cm³/mol. The Morgan fingerprint density at radius 3 is 1.71 bits per heavy atom. The lowest BCUT2D eigenvalue weighted by Crippen LogP contribution is -2.02. The van der Waals surface area contributed by atoms with Crippen molar-refractivity contribution in [3.8, 4) is 23.2 Å². The predicted octanol–water partition coefficient (Wildman–Crippen LogP) is 9.50. The second kappa shape index (κ2) is 9.29. The van der Waals surface area contributed by atoms with E-state index in [9.17, 15) is 0 Å². The number of nitrogens with zero attached hydrogens (tertiary/aromatic N) is 6. The standard InChI is InChI=1S/C38H22N6S/c1-2-11-23(12-3-1)35-34-26-15-6-9-18-31(26)45-36(34)42-38(41-35)44-28-17-8-5-14-25(28)33-30(44)20-19-29-32(33)24-13-4-7-16-27(24)43(29)37-39-21-10-22-40-37/h1-22H. The molecule has 0 saturated carbocycles. The summed E-state index contributed by atoms with van der Waals surface area (Å²) in [6.45, 7) is 0. The van der Waals surface area contributed by atoms with Crippen LogP contribution in [-0.2, 0) is 0 Å². The first kappa shape index (κ1) is 24.5. The summed E-state index contributed by atoms with van der Waals surface area (Å²) in [6, 6.07) is 42.3. The van der Waals surface area contributed by atoms with Crippen molar-refractivity contribution in [2.75, 3.05) is 0 Å². The van der Waals surface area contributed by atoms with E-state index >= 15 is 0 Å². The molecule has 45 heavy (non-hydrogen) atoms. The van der Waals surface area contributed by atoms with Gasteiger partial charge in [-0.1, -0.05) is 84.9 Å². The molecule has 0 radical (unpaired) electrons. The van der Waals surface area contributed by atoms with E-state index in [1.807, 2.05) is 12.1 Å². The smallest absolute Gasteiger partial charge is 0.236 e. The van der Waals surface area contributed by atoms with E-state index in [2.05, 4.69) is 128 Å². The number of para-hydroxylation sites is 2. The van der Waals surface area contributed by atoms with Gasteiger partial charge in [-0.15, -0.1) is 11.3 Å². The summed E-state index contributed by atoms with van der Waals surface area (Å²) in [6.07, 6.45) is 3.58. The maximum Gasteiger partial charge on any atom is 0.236 e. The van der Waals surface area contributed by atoms with E-state index in [1.165, 1.54) is 10.1 Å². The van der Waals surface area contributed by atoms with E-state index in [1.54, 1.807) is 23.7 Å². The molecule has 0 N–H and O–H groups in total. The van der Waals surface area contributed by atoms with Gasteiger partial charge in [0.15, 0.2) is 0 Å². The van der Waals surface area contributed by atoms with Crippen LogP contribution in [0.4, 0.5) is 0 Å². The number of hydrogen-bond donors (Lipinski definition) is 0. The van der Waals surface area contributed by atoms with Crippen LogP contribution in [0, 0.1) is 0 Å². The zero-order chi connectivity index (χ0) is 29.5. The van der Waals surface area contributed by atoms with Crippen molar-refractivity contribution in [3.63, 3.8) is 0 Å². The molecule has 5 aromatic heterocycles. The highest BCUT2D eigenvalue weighted by Gasteiger charge is 2.23. The van der Waals surface area contributed by atoms with Gasteiger partial charge < -0.3 is 0 Å². The van der Waals surface area contributed by atoms with Crippen LogP contribution in [0.15, 0.2) is 134 Å². The van der Waals surface area contributed by atoms with Gasteiger partial charge in [0.05, 0.1) is 27.8 Å². The van der Waals surface area contributed by atoms with E-state index < -0.39 is 0 Å². The number of thiophene rings is 1. The van der Waals surface area contributed by atoms with Gasteiger partial charge in [-0.25, -0.2) is 19.9 Å². The van der Waals surface area contributed by atoms with Gasteiger partial charge >= 0.3 is 0 Å². The Bertz CT molecular complexity index is 2760. The van der Waals surface area contributed by atoms with E-state index in [-0.39, 0.29) is 0 Å². The largest absolute Gasteiger partial charge is 0.278 e. The molecular weight excluding hydrogens is 573 g/mol. The van der Waals surface area contributed by atoms with Crippen LogP contribution in [0.25, 0.3) is 87.1 Å². The van der Waals surface area contributed by atoms with Gasteiger partial charge in [0.25, 0.3) is 0 Å². The Kier molecular flexibility index (Phi) is 5.06. The van der Waals surface area contributed by atoms with Crippen molar-refractivity contribution in [2.24, 2.45) is 0 Å². The first-order chi connectivity index (χ1) is 22.3. The average molecular weight is 595 g/mol. The highest BCUT2D eigenvalue weighted by Crippen LogP contribution is 2.43. The lowest BCUT2D eigenvalue weighted by Gasteiger charge is -2.10. The molecule has 0 bridgehead atoms. The van der Waals surface area contributed by atoms with Gasteiger partial charge in [0.2, 0.25) is 11.9 Å². The Morgan fingerprint density at radius 2 is 1.02 bits per heavy atom. The molecule has 0 aliphatic rings. The number of rotatable bonds is 3. The van der Waals surface area contributed by atoms with Gasteiger partial charge in [-0.3, -0.25) is 9.13 Å². The van der Waals surface area contributed by atoms with Crippen LogP contribution in [0.5, 0.6) is 0 Å². The molecule has 10 aromatic rings. The molecule has 7 heteroatoms. The molecule has 6 nitrogen and oxygen atoms in total. The summed E-state index contributed by atoms with van der Waals surface area (Å²) in [7, 11) is 0. The SMILES string of the molecule is c1ccc(-c2nc(-n3c4ccccc4c4c5c6ccccc6n(-c6ncccn6)c5ccc43)nc3sc4ccccc4c23)cc1. The second-order valence-corrected chi connectivity index (χ2v) is 12.2. The summed E-state index contributed by atoms with van der Waals surface area (Å²) in [4.78, 5) is 20.9. The molecule has 0 aliphatic carbocycles. The van der Waals surface area contributed by atoms with Crippen molar-refractivity contribution in [3.05, 3.63) is 134 Å². The number of fused-ring (bicyclic) bond motifs is 10.